The van der Waals surface area contributed by atoms with E-state index in [1.54, 1.807) is 18.2 Å². The van der Waals surface area contributed by atoms with Crippen LogP contribution in [0, 0.1) is 22.7 Å². The van der Waals surface area contributed by atoms with E-state index in [1.165, 1.54) is 0 Å². The number of esters is 1. The van der Waals surface area contributed by atoms with Crippen LogP contribution in [0.3, 0.4) is 0 Å². The van der Waals surface area contributed by atoms with Crippen molar-refractivity contribution in [2.45, 2.75) is 46.6 Å². The van der Waals surface area contributed by atoms with E-state index in [-0.39, 0.29) is 18.0 Å². The fraction of sp³-hybridized carbons (Fsp3) is 0.346. The first-order chi connectivity index (χ1) is 14.4. The fourth-order valence-corrected chi connectivity index (χ4v) is 4.31. The zero-order valence-corrected chi connectivity index (χ0v) is 17.7. The predicted octanol–water partition coefficient (Wildman–Crippen LogP) is 5.61. The van der Waals surface area contributed by atoms with Crippen molar-refractivity contribution in [2.75, 3.05) is 0 Å². The van der Waals surface area contributed by atoms with Crippen molar-refractivity contribution in [1.29, 1.82) is 5.26 Å². The average molecular weight is 399 g/mol. The van der Waals surface area contributed by atoms with Crippen LogP contribution in [0.4, 0.5) is 0 Å². The zero-order valence-electron chi connectivity index (χ0n) is 17.7. The summed E-state index contributed by atoms with van der Waals surface area (Å²) in [6.07, 6.45) is 2.80. The summed E-state index contributed by atoms with van der Waals surface area (Å²) in [5.74, 6) is 0.175. The Kier molecular flexibility index (Phi) is 5.30. The zero-order chi connectivity index (χ0) is 21.3. The highest BCUT2D eigenvalue weighted by molar-refractivity contribution is 6.05. The van der Waals surface area contributed by atoms with E-state index in [1.807, 2.05) is 30.3 Å². The predicted molar refractivity (Wildman–Crippen MR) is 117 cm³/mol. The van der Waals surface area contributed by atoms with Crippen LogP contribution in [0.2, 0.25) is 0 Å². The fourth-order valence-electron chi connectivity index (χ4n) is 4.31. The standard InChI is InChI=1S/C26H26N2O2/c1-26(2,3)19-11-12-23-21(14-19)24(20-9-4-5-10-22(20)28-23)25(29)30-16-18-8-6-7-17(13-18)15-27/h4-10,13,19H,11-12,14,16H2,1-3H3/t19-/m1/s1. The van der Waals surface area contributed by atoms with Gasteiger partial charge >= 0.3 is 5.97 Å². The molecule has 0 amide bonds. The molecule has 3 aromatic rings. The van der Waals surface area contributed by atoms with Gasteiger partial charge in [-0.3, -0.25) is 4.98 Å². The second-order valence-corrected chi connectivity index (χ2v) is 9.12. The lowest BCUT2D eigenvalue weighted by Crippen LogP contribution is -2.29. The number of carbonyl (C=O) groups excluding carboxylic acids is 1. The van der Waals surface area contributed by atoms with Crippen molar-refractivity contribution in [1.82, 2.24) is 4.98 Å². The third kappa shape index (κ3) is 3.93. The number of aromatic nitrogens is 1. The van der Waals surface area contributed by atoms with E-state index in [0.29, 0.717) is 17.0 Å². The van der Waals surface area contributed by atoms with Crippen molar-refractivity contribution in [3.8, 4) is 6.07 Å². The Bertz CT molecular complexity index is 1150. The highest BCUT2D eigenvalue weighted by Crippen LogP contribution is 2.39. The number of pyridine rings is 1. The van der Waals surface area contributed by atoms with E-state index in [0.717, 1.165) is 47.0 Å². The van der Waals surface area contributed by atoms with E-state index in [4.69, 9.17) is 15.0 Å². The number of benzene rings is 2. The van der Waals surface area contributed by atoms with Crippen LogP contribution in [-0.2, 0) is 24.2 Å². The number of nitriles is 1. The number of hydrogen-bond acceptors (Lipinski definition) is 4. The van der Waals surface area contributed by atoms with Gasteiger partial charge in [0.05, 0.1) is 22.7 Å². The Morgan fingerprint density at radius 1 is 1.20 bits per heavy atom. The van der Waals surface area contributed by atoms with Crippen LogP contribution >= 0.6 is 0 Å². The van der Waals surface area contributed by atoms with Gasteiger partial charge in [-0.1, -0.05) is 51.1 Å². The number of rotatable bonds is 3. The van der Waals surface area contributed by atoms with Gasteiger partial charge in [-0.15, -0.1) is 0 Å². The Morgan fingerprint density at radius 3 is 2.77 bits per heavy atom. The first kappa shape index (κ1) is 20.1. The monoisotopic (exact) mass is 398 g/mol. The molecule has 0 fully saturated rings. The van der Waals surface area contributed by atoms with Gasteiger partial charge in [-0.25, -0.2) is 4.79 Å². The van der Waals surface area contributed by atoms with Gasteiger partial charge in [0.25, 0.3) is 0 Å². The molecule has 1 heterocycles. The number of hydrogen-bond donors (Lipinski definition) is 0. The third-order valence-corrected chi connectivity index (χ3v) is 6.11. The molecule has 0 saturated heterocycles. The van der Waals surface area contributed by atoms with Crippen LogP contribution in [0.5, 0.6) is 0 Å². The number of nitrogens with zero attached hydrogens (tertiary/aromatic N) is 2. The minimum absolute atomic E-state index is 0.141. The Balaban J connectivity index is 1.71. The molecule has 1 aliphatic carbocycles. The molecule has 1 aliphatic rings. The number of ether oxygens (including phenoxy) is 1. The summed E-state index contributed by atoms with van der Waals surface area (Å²) in [7, 11) is 0. The Labute approximate surface area is 177 Å². The molecule has 0 N–H and O–H groups in total. The number of carbonyl (C=O) groups is 1. The molecule has 0 aliphatic heterocycles. The van der Waals surface area contributed by atoms with Gasteiger partial charge in [0.2, 0.25) is 0 Å². The molecule has 0 spiro atoms. The number of para-hydroxylation sites is 1. The lowest BCUT2D eigenvalue weighted by atomic mass is 9.70. The molecule has 0 unspecified atom stereocenters. The van der Waals surface area contributed by atoms with Crippen LogP contribution in [0.25, 0.3) is 10.9 Å². The Morgan fingerprint density at radius 2 is 2.00 bits per heavy atom. The average Bonchev–Trinajstić information content (AvgIpc) is 2.75. The van der Waals surface area contributed by atoms with E-state index in [2.05, 4.69) is 26.8 Å². The SMILES string of the molecule is CC(C)(C)[C@@H]1CCc2nc3ccccc3c(C(=O)OCc3cccc(C#N)c3)c2C1. The Hall–Kier alpha value is -3.19. The van der Waals surface area contributed by atoms with E-state index < -0.39 is 0 Å². The summed E-state index contributed by atoms with van der Waals surface area (Å²) in [4.78, 5) is 18.2. The highest BCUT2D eigenvalue weighted by atomic mass is 16.5. The van der Waals surface area contributed by atoms with Crippen LogP contribution < -0.4 is 0 Å². The topological polar surface area (TPSA) is 63.0 Å². The maximum absolute atomic E-state index is 13.3. The van der Waals surface area contributed by atoms with Crippen molar-refractivity contribution in [3.05, 3.63) is 76.5 Å². The highest BCUT2D eigenvalue weighted by Gasteiger charge is 2.33. The van der Waals surface area contributed by atoms with E-state index in [9.17, 15) is 4.79 Å². The number of aryl methyl sites for hydroxylation is 1. The van der Waals surface area contributed by atoms with Crippen LogP contribution in [0.1, 0.15) is 59.9 Å². The number of fused-ring (bicyclic) bond motifs is 2. The largest absolute Gasteiger partial charge is 0.457 e. The van der Waals surface area contributed by atoms with Crippen molar-refractivity contribution < 1.29 is 9.53 Å². The van der Waals surface area contributed by atoms with Crippen molar-refractivity contribution >= 4 is 16.9 Å². The van der Waals surface area contributed by atoms with Gasteiger partial charge in [0, 0.05) is 11.1 Å². The summed E-state index contributed by atoms with van der Waals surface area (Å²) in [5.41, 5.74) is 5.08. The molecule has 30 heavy (non-hydrogen) atoms. The summed E-state index contributed by atoms with van der Waals surface area (Å²) in [6.45, 7) is 6.93. The summed E-state index contributed by atoms with van der Waals surface area (Å²) in [6, 6.07) is 17.1. The minimum Gasteiger partial charge on any atom is -0.457 e. The van der Waals surface area contributed by atoms with Gasteiger partial charge in [0.15, 0.2) is 0 Å². The molecule has 4 heteroatoms. The molecule has 1 atom stereocenters. The first-order valence-electron chi connectivity index (χ1n) is 10.4. The smallest absolute Gasteiger partial charge is 0.339 e. The molecule has 4 nitrogen and oxygen atoms in total. The maximum Gasteiger partial charge on any atom is 0.339 e. The second kappa shape index (κ2) is 7.91. The second-order valence-electron chi connectivity index (χ2n) is 9.12. The molecule has 152 valence electrons. The third-order valence-electron chi connectivity index (χ3n) is 6.11. The first-order valence-corrected chi connectivity index (χ1v) is 10.4. The molecule has 0 bridgehead atoms. The van der Waals surface area contributed by atoms with Gasteiger partial charge in [0.1, 0.15) is 6.61 Å². The quantitative estimate of drug-likeness (QED) is 0.538. The minimum atomic E-state index is -0.318. The molecular weight excluding hydrogens is 372 g/mol. The summed E-state index contributed by atoms with van der Waals surface area (Å²) in [5, 5.41) is 9.94. The van der Waals surface area contributed by atoms with Crippen molar-refractivity contribution in [2.24, 2.45) is 11.3 Å². The van der Waals surface area contributed by atoms with Crippen LogP contribution in [0.15, 0.2) is 48.5 Å². The summed E-state index contributed by atoms with van der Waals surface area (Å²) < 4.78 is 5.73. The lowest BCUT2D eigenvalue weighted by molar-refractivity contribution is 0.0472. The molecular formula is C26H26N2O2. The molecule has 4 rings (SSSR count). The van der Waals surface area contributed by atoms with E-state index >= 15 is 0 Å². The summed E-state index contributed by atoms with van der Waals surface area (Å²) >= 11 is 0. The molecule has 1 aromatic heterocycles. The molecule has 2 aromatic carbocycles. The maximum atomic E-state index is 13.3. The molecule has 0 saturated carbocycles. The van der Waals surface area contributed by atoms with Crippen molar-refractivity contribution in [3.63, 3.8) is 0 Å². The van der Waals surface area contributed by atoms with Gasteiger partial charge < -0.3 is 4.74 Å². The van der Waals surface area contributed by atoms with Gasteiger partial charge in [-0.05, 0) is 59.9 Å². The normalized spacial score (nSPS) is 16.0. The molecule has 0 radical (unpaired) electrons. The van der Waals surface area contributed by atoms with Gasteiger partial charge in [-0.2, -0.15) is 5.26 Å². The van der Waals surface area contributed by atoms with Crippen LogP contribution in [-0.4, -0.2) is 11.0 Å². The lowest BCUT2D eigenvalue weighted by Gasteiger charge is -2.35.